The number of esters is 1. The first-order chi connectivity index (χ1) is 16.1. The number of rotatable bonds is 4. The number of nitrogens with one attached hydrogen (secondary N) is 1. The number of thiophene rings is 1. The number of aromatic nitrogens is 1. The zero-order valence-corrected chi connectivity index (χ0v) is 18.4. The minimum absolute atomic E-state index is 0.331. The van der Waals surface area contributed by atoms with Crippen LogP contribution < -0.4 is 0 Å². The van der Waals surface area contributed by atoms with E-state index in [0.29, 0.717) is 10.4 Å². The third-order valence-corrected chi connectivity index (χ3v) is 6.41. The summed E-state index contributed by atoms with van der Waals surface area (Å²) in [6, 6.07) is 24.0. The zero-order chi connectivity index (χ0) is 22.9. The van der Waals surface area contributed by atoms with Gasteiger partial charge >= 0.3 is 5.97 Å². The van der Waals surface area contributed by atoms with E-state index in [1.807, 2.05) is 47.8 Å². The van der Waals surface area contributed by atoms with Gasteiger partial charge in [0.2, 0.25) is 0 Å². The number of nitrogens with zero attached hydrogens (tertiary/aromatic N) is 1. The highest BCUT2D eigenvalue weighted by atomic mass is 32.1. The molecule has 5 aromatic rings. The van der Waals surface area contributed by atoms with Gasteiger partial charge in [-0.3, -0.25) is 0 Å². The van der Waals surface area contributed by atoms with Crippen molar-refractivity contribution in [3.63, 3.8) is 0 Å². The number of carbonyl (C=O) groups is 1. The predicted octanol–water partition coefficient (Wildman–Crippen LogP) is 7.03. The summed E-state index contributed by atoms with van der Waals surface area (Å²) in [6.45, 7) is 0. The van der Waals surface area contributed by atoms with E-state index >= 15 is 0 Å². The summed E-state index contributed by atoms with van der Waals surface area (Å²) in [6.07, 6.45) is 0. The van der Waals surface area contributed by atoms with Crippen LogP contribution >= 0.6 is 11.3 Å². The van der Waals surface area contributed by atoms with Gasteiger partial charge in [0.05, 0.1) is 18.4 Å². The van der Waals surface area contributed by atoms with Gasteiger partial charge in [-0.25, -0.2) is 9.18 Å². The molecule has 0 spiro atoms. The number of halogens is 1. The second kappa shape index (κ2) is 8.38. The topological polar surface area (TPSA) is 65.9 Å². The van der Waals surface area contributed by atoms with Crippen molar-refractivity contribution in [1.82, 2.24) is 4.98 Å². The van der Waals surface area contributed by atoms with Gasteiger partial charge in [0.1, 0.15) is 16.8 Å². The molecule has 0 saturated heterocycles. The molecular weight excluding hydrogens is 435 g/mol. The van der Waals surface area contributed by atoms with E-state index in [1.165, 1.54) is 30.6 Å². The quantitative estimate of drug-likeness (QED) is 0.298. The molecule has 3 aromatic carbocycles. The van der Waals surface area contributed by atoms with E-state index in [4.69, 9.17) is 4.74 Å². The van der Waals surface area contributed by atoms with Crippen LogP contribution in [0.15, 0.2) is 78.2 Å². The second-order valence-corrected chi connectivity index (χ2v) is 8.41. The molecule has 160 valence electrons. The Bertz CT molecular complexity index is 1540. The Balaban J connectivity index is 1.67. The number of methoxy groups -OCH3 is 1. The van der Waals surface area contributed by atoms with Gasteiger partial charge in [0.15, 0.2) is 0 Å². The maximum Gasteiger partial charge on any atom is 0.337 e. The first-order valence-corrected chi connectivity index (χ1v) is 11.1. The van der Waals surface area contributed by atoms with Crippen molar-refractivity contribution in [3.05, 3.63) is 94.4 Å². The fourth-order valence-electron chi connectivity index (χ4n) is 4.02. The van der Waals surface area contributed by atoms with Crippen LogP contribution in [0, 0.1) is 17.1 Å². The molecule has 0 atom stereocenters. The van der Waals surface area contributed by atoms with Crippen molar-refractivity contribution >= 4 is 28.2 Å². The largest absolute Gasteiger partial charge is 0.465 e. The molecule has 0 aliphatic carbocycles. The Morgan fingerprint density at radius 1 is 1.00 bits per heavy atom. The summed E-state index contributed by atoms with van der Waals surface area (Å²) >= 11 is 1.36. The highest BCUT2D eigenvalue weighted by Gasteiger charge is 2.19. The fraction of sp³-hybridized carbons (Fsp3) is 0.0370. The van der Waals surface area contributed by atoms with E-state index in [1.54, 1.807) is 18.2 Å². The lowest BCUT2D eigenvalue weighted by atomic mass is 9.96. The van der Waals surface area contributed by atoms with Gasteiger partial charge < -0.3 is 9.72 Å². The molecular formula is C27H17FN2O2S. The average molecular weight is 453 g/mol. The van der Waals surface area contributed by atoms with Crippen LogP contribution in [0.1, 0.15) is 15.2 Å². The van der Waals surface area contributed by atoms with E-state index in [9.17, 15) is 14.4 Å². The van der Waals surface area contributed by atoms with Crippen molar-refractivity contribution in [2.75, 3.05) is 7.11 Å². The molecule has 0 fully saturated rings. The molecule has 0 amide bonds. The lowest BCUT2D eigenvalue weighted by molar-refractivity contribution is 0.0600. The van der Waals surface area contributed by atoms with E-state index in [-0.39, 0.29) is 11.8 Å². The molecule has 0 aliphatic heterocycles. The van der Waals surface area contributed by atoms with Crippen LogP contribution in [0.4, 0.5) is 4.39 Å². The SMILES string of the molecule is COC(=O)c1ccc(-c2cccc(-c3[nH]c4ccc(F)cc4c3-c3ccsc3C#N)c2)cc1. The van der Waals surface area contributed by atoms with Crippen LogP contribution in [0.2, 0.25) is 0 Å². The molecule has 1 N–H and O–H groups in total. The van der Waals surface area contributed by atoms with Crippen molar-refractivity contribution in [3.8, 4) is 39.6 Å². The number of fused-ring (bicyclic) bond motifs is 1. The first kappa shape index (κ1) is 20.7. The number of ether oxygens (including phenoxy) is 1. The minimum atomic E-state index is -0.380. The predicted molar refractivity (Wildman–Crippen MR) is 128 cm³/mol. The molecule has 33 heavy (non-hydrogen) atoms. The molecule has 4 nitrogen and oxygen atoms in total. The maximum absolute atomic E-state index is 14.1. The highest BCUT2D eigenvalue weighted by molar-refractivity contribution is 7.11. The summed E-state index contributed by atoms with van der Waals surface area (Å²) in [5, 5.41) is 12.2. The van der Waals surface area contributed by atoms with Gasteiger partial charge in [0, 0.05) is 22.0 Å². The molecule has 0 radical (unpaired) electrons. The maximum atomic E-state index is 14.1. The average Bonchev–Trinajstić information content (AvgIpc) is 3.47. The molecule has 0 aliphatic rings. The molecule has 2 heterocycles. The normalized spacial score (nSPS) is 10.8. The summed E-state index contributed by atoms with van der Waals surface area (Å²) in [5.41, 5.74) is 6.50. The molecule has 5 rings (SSSR count). The third kappa shape index (κ3) is 3.69. The van der Waals surface area contributed by atoms with Gasteiger partial charge in [-0.15, -0.1) is 11.3 Å². The van der Waals surface area contributed by atoms with Crippen LogP contribution in [0.3, 0.4) is 0 Å². The van der Waals surface area contributed by atoms with Crippen LogP contribution in [0.5, 0.6) is 0 Å². The van der Waals surface area contributed by atoms with Crippen molar-refractivity contribution in [1.29, 1.82) is 5.26 Å². The van der Waals surface area contributed by atoms with Gasteiger partial charge in [0.25, 0.3) is 0 Å². The van der Waals surface area contributed by atoms with Crippen molar-refractivity contribution in [2.45, 2.75) is 0 Å². The molecule has 0 bridgehead atoms. The van der Waals surface area contributed by atoms with E-state index < -0.39 is 0 Å². The monoisotopic (exact) mass is 452 g/mol. The Kier molecular flexibility index (Phi) is 5.25. The lowest BCUT2D eigenvalue weighted by Gasteiger charge is -2.08. The highest BCUT2D eigenvalue weighted by Crippen LogP contribution is 2.42. The molecule has 0 saturated carbocycles. The first-order valence-electron chi connectivity index (χ1n) is 10.2. The van der Waals surface area contributed by atoms with Crippen molar-refractivity contribution < 1.29 is 13.9 Å². The second-order valence-electron chi connectivity index (χ2n) is 7.49. The van der Waals surface area contributed by atoms with Gasteiger partial charge in [-0.2, -0.15) is 5.26 Å². The van der Waals surface area contributed by atoms with Crippen molar-refractivity contribution in [2.24, 2.45) is 0 Å². The van der Waals surface area contributed by atoms with Crippen LogP contribution in [-0.2, 0) is 4.74 Å². The Morgan fingerprint density at radius 3 is 2.55 bits per heavy atom. The number of carbonyl (C=O) groups excluding carboxylic acids is 1. The minimum Gasteiger partial charge on any atom is -0.465 e. The smallest absolute Gasteiger partial charge is 0.337 e. The number of hydrogen-bond acceptors (Lipinski definition) is 4. The molecule has 2 aromatic heterocycles. The van der Waals surface area contributed by atoms with Crippen LogP contribution in [0.25, 0.3) is 44.4 Å². The Labute approximate surface area is 193 Å². The molecule has 6 heteroatoms. The number of benzene rings is 3. The number of nitriles is 1. The number of H-pyrrole nitrogens is 1. The van der Waals surface area contributed by atoms with Crippen LogP contribution in [-0.4, -0.2) is 18.1 Å². The molecule has 0 unspecified atom stereocenters. The van der Waals surface area contributed by atoms with E-state index in [2.05, 4.69) is 11.1 Å². The lowest BCUT2D eigenvalue weighted by Crippen LogP contribution is -2.00. The number of hydrogen-bond donors (Lipinski definition) is 1. The third-order valence-electron chi connectivity index (χ3n) is 5.59. The zero-order valence-electron chi connectivity index (χ0n) is 17.6. The van der Waals surface area contributed by atoms with Gasteiger partial charge in [-0.05, 0) is 64.5 Å². The Morgan fingerprint density at radius 2 is 1.79 bits per heavy atom. The fourth-order valence-corrected chi connectivity index (χ4v) is 4.71. The van der Waals surface area contributed by atoms with Gasteiger partial charge in [-0.1, -0.05) is 30.3 Å². The summed E-state index contributed by atoms with van der Waals surface area (Å²) in [4.78, 5) is 15.7. The standard InChI is InChI=1S/C27H17FN2O2S/c1-32-27(31)17-7-5-16(6-8-17)18-3-2-4-19(13-18)26-25(21-11-12-33-24(21)15-29)22-14-20(28)9-10-23(22)30-26/h2-14,30H,1H3. The summed E-state index contributed by atoms with van der Waals surface area (Å²) in [7, 11) is 1.36. The van der Waals surface area contributed by atoms with E-state index in [0.717, 1.165) is 44.4 Å². The summed E-state index contributed by atoms with van der Waals surface area (Å²) in [5.74, 6) is -0.711. The number of aromatic amines is 1. The summed E-state index contributed by atoms with van der Waals surface area (Å²) < 4.78 is 18.9. The Hall–Kier alpha value is -4.21.